The van der Waals surface area contributed by atoms with Gasteiger partial charge in [0.05, 0.1) is 22.7 Å². The molecule has 3 aromatic carbocycles. The SMILES string of the molecule is CCN1C(=O)CSC1c1ccc(S(C)(=O)=O)cc1.COC(=O)C(C(=O)c1ccc(S(C)(=O)=O)cc1)c1ccccc1. The Morgan fingerprint density at radius 3 is 1.85 bits per heavy atom. The summed E-state index contributed by atoms with van der Waals surface area (Å²) in [5, 5.41) is 0.0103. The monoisotopic (exact) mass is 617 g/mol. The lowest BCUT2D eigenvalue weighted by molar-refractivity contribution is -0.141. The van der Waals surface area contributed by atoms with Crippen molar-refractivity contribution >= 4 is 49.1 Å². The zero-order valence-electron chi connectivity index (χ0n) is 23.0. The van der Waals surface area contributed by atoms with Gasteiger partial charge in [0.1, 0.15) is 11.3 Å². The fourth-order valence-electron chi connectivity index (χ4n) is 4.14. The number of sulfone groups is 2. The number of methoxy groups -OCH3 is 1. The minimum atomic E-state index is -3.34. The first-order valence-corrected chi connectivity index (χ1v) is 17.3. The van der Waals surface area contributed by atoms with Crippen molar-refractivity contribution in [2.24, 2.45) is 0 Å². The van der Waals surface area contributed by atoms with Crippen LogP contribution in [0.5, 0.6) is 0 Å². The molecule has 0 aliphatic carbocycles. The Bertz CT molecular complexity index is 1600. The summed E-state index contributed by atoms with van der Waals surface area (Å²) in [4.78, 5) is 38.5. The Morgan fingerprint density at radius 2 is 1.39 bits per heavy atom. The van der Waals surface area contributed by atoms with Gasteiger partial charge in [-0.2, -0.15) is 0 Å². The summed E-state index contributed by atoms with van der Waals surface area (Å²) in [6.45, 7) is 2.62. The number of ketones is 1. The van der Waals surface area contributed by atoms with E-state index in [0.717, 1.165) is 11.8 Å². The highest BCUT2D eigenvalue weighted by Crippen LogP contribution is 2.38. The zero-order valence-corrected chi connectivity index (χ0v) is 25.5. The first-order chi connectivity index (χ1) is 19.3. The maximum atomic E-state index is 12.7. The molecule has 1 aliphatic heterocycles. The molecule has 0 N–H and O–H groups in total. The molecule has 0 bridgehead atoms. The number of ether oxygens (including phenoxy) is 1. The number of amides is 1. The molecule has 1 heterocycles. The van der Waals surface area contributed by atoms with Crippen molar-refractivity contribution in [1.29, 1.82) is 0 Å². The fraction of sp³-hybridized carbons (Fsp3) is 0.276. The van der Waals surface area contributed by atoms with Crippen LogP contribution in [-0.4, -0.2) is 71.3 Å². The number of carbonyl (C=O) groups is 3. The summed E-state index contributed by atoms with van der Waals surface area (Å²) in [5.41, 5.74) is 1.74. The number of rotatable bonds is 8. The molecule has 218 valence electrons. The minimum absolute atomic E-state index is 0.0103. The summed E-state index contributed by atoms with van der Waals surface area (Å²) in [6.07, 6.45) is 2.28. The topological polar surface area (TPSA) is 132 Å². The Kier molecular flexibility index (Phi) is 10.5. The summed E-state index contributed by atoms with van der Waals surface area (Å²) in [6, 6.07) is 20.8. The summed E-state index contributed by atoms with van der Waals surface area (Å²) < 4.78 is 50.4. The number of esters is 1. The second-order valence-electron chi connectivity index (χ2n) is 9.21. The van der Waals surface area contributed by atoms with Gasteiger partial charge in [-0.15, -0.1) is 11.8 Å². The summed E-state index contributed by atoms with van der Waals surface area (Å²) in [5.74, 6) is -1.55. The molecule has 1 saturated heterocycles. The van der Waals surface area contributed by atoms with Crippen molar-refractivity contribution in [2.45, 2.75) is 28.0 Å². The van der Waals surface area contributed by atoms with Gasteiger partial charge in [-0.25, -0.2) is 16.8 Å². The predicted molar refractivity (Wildman–Crippen MR) is 157 cm³/mol. The highest BCUT2D eigenvalue weighted by Gasteiger charge is 2.32. The molecule has 2 unspecified atom stereocenters. The number of benzene rings is 3. The van der Waals surface area contributed by atoms with Gasteiger partial charge < -0.3 is 9.64 Å². The van der Waals surface area contributed by atoms with Gasteiger partial charge in [0.25, 0.3) is 0 Å². The summed E-state index contributed by atoms with van der Waals surface area (Å²) in [7, 11) is -5.28. The first-order valence-electron chi connectivity index (χ1n) is 12.5. The van der Waals surface area contributed by atoms with Crippen LogP contribution >= 0.6 is 11.8 Å². The van der Waals surface area contributed by atoms with Crippen LogP contribution in [0.3, 0.4) is 0 Å². The van der Waals surface area contributed by atoms with E-state index < -0.39 is 37.3 Å². The average molecular weight is 618 g/mol. The van der Waals surface area contributed by atoms with E-state index in [2.05, 4.69) is 0 Å². The zero-order chi connectivity index (χ0) is 30.4. The van der Waals surface area contributed by atoms with E-state index in [9.17, 15) is 31.2 Å². The van der Waals surface area contributed by atoms with Crippen LogP contribution in [0.2, 0.25) is 0 Å². The average Bonchev–Trinajstić information content (AvgIpc) is 3.33. The Hall–Kier alpha value is -3.48. The Balaban J connectivity index is 0.000000232. The van der Waals surface area contributed by atoms with Crippen molar-refractivity contribution in [2.75, 3.05) is 31.9 Å². The van der Waals surface area contributed by atoms with Crippen molar-refractivity contribution < 1.29 is 36.0 Å². The third-order valence-corrected chi connectivity index (χ3v) is 9.81. The van der Waals surface area contributed by atoms with Crippen molar-refractivity contribution in [3.05, 3.63) is 95.6 Å². The molecule has 0 radical (unpaired) electrons. The largest absolute Gasteiger partial charge is 0.468 e. The van der Waals surface area contributed by atoms with Gasteiger partial charge in [-0.05, 0) is 42.3 Å². The lowest BCUT2D eigenvalue weighted by atomic mass is 9.91. The normalized spacial score (nSPS) is 16.0. The van der Waals surface area contributed by atoms with Crippen molar-refractivity contribution in [3.63, 3.8) is 0 Å². The van der Waals surface area contributed by atoms with Crippen molar-refractivity contribution in [3.8, 4) is 0 Å². The van der Waals surface area contributed by atoms with Crippen LogP contribution in [0, 0.1) is 0 Å². The lowest BCUT2D eigenvalue weighted by Gasteiger charge is -2.22. The quantitative estimate of drug-likeness (QED) is 0.210. The van der Waals surface area contributed by atoms with Crippen LogP contribution in [0.15, 0.2) is 88.7 Å². The van der Waals surface area contributed by atoms with Crippen LogP contribution in [0.4, 0.5) is 0 Å². The molecule has 12 heteroatoms. The molecular formula is C29H31NO8S3. The van der Waals surface area contributed by atoms with Gasteiger partial charge in [-0.1, -0.05) is 54.6 Å². The maximum absolute atomic E-state index is 12.7. The Morgan fingerprint density at radius 1 is 0.878 bits per heavy atom. The molecule has 41 heavy (non-hydrogen) atoms. The number of hydrogen-bond acceptors (Lipinski definition) is 9. The van der Waals surface area contributed by atoms with Gasteiger partial charge >= 0.3 is 5.97 Å². The van der Waals surface area contributed by atoms with Crippen LogP contribution < -0.4 is 0 Å². The Labute approximate surface area is 244 Å². The molecule has 9 nitrogen and oxygen atoms in total. The van der Waals surface area contributed by atoms with Gasteiger partial charge in [0, 0.05) is 24.6 Å². The second kappa shape index (κ2) is 13.5. The predicted octanol–water partition coefficient (Wildman–Crippen LogP) is 3.91. The van der Waals surface area contributed by atoms with Crippen LogP contribution in [0.25, 0.3) is 0 Å². The maximum Gasteiger partial charge on any atom is 0.321 e. The molecular weight excluding hydrogens is 587 g/mol. The fourth-order valence-corrected chi connectivity index (χ4v) is 6.67. The second-order valence-corrected chi connectivity index (χ2v) is 14.3. The third kappa shape index (κ3) is 8.05. The van der Waals surface area contributed by atoms with Crippen LogP contribution in [-0.2, 0) is 34.0 Å². The molecule has 1 aliphatic rings. The summed E-state index contributed by atoms with van der Waals surface area (Å²) >= 11 is 1.58. The molecule has 1 fully saturated rings. The highest BCUT2D eigenvalue weighted by molar-refractivity contribution is 8.00. The highest BCUT2D eigenvalue weighted by atomic mass is 32.2. The van der Waals surface area contributed by atoms with Crippen LogP contribution in [0.1, 0.15) is 39.7 Å². The number of nitrogens with zero attached hydrogens (tertiary/aromatic N) is 1. The van der Waals surface area contributed by atoms with E-state index in [1.807, 2.05) is 6.92 Å². The number of carbonyl (C=O) groups excluding carboxylic acids is 3. The standard InChI is InChI=1S/C17H16O5S.C12H15NO3S2/c1-22-17(19)15(12-6-4-3-5-7-12)16(18)13-8-10-14(11-9-13)23(2,20)21;1-3-13-11(14)8-17-12(13)9-4-6-10(7-5-9)18(2,15)16/h3-11,15H,1-2H3;4-7,12H,3,8H2,1-2H3. The molecule has 4 rings (SSSR count). The van der Waals surface area contributed by atoms with E-state index in [0.29, 0.717) is 22.8 Å². The smallest absolute Gasteiger partial charge is 0.321 e. The minimum Gasteiger partial charge on any atom is -0.468 e. The van der Waals surface area contributed by atoms with E-state index in [-0.39, 0.29) is 21.7 Å². The number of hydrogen-bond donors (Lipinski definition) is 0. The van der Waals surface area contributed by atoms with Crippen molar-refractivity contribution in [1.82, 2.24) is 4.90 Å². The lowest BCUT2D eigenvalue weighted by Crippen LogP contribution is -2.27. The van der Waals surface area contributed by atoms with E-state index in [4.69, 9.17) is 4.74 Å². The number of Topliss-reactive ketones (excluding diaryl/α,β-unsaturated/α-hetero) is 1. The molecule has 0 spiro atoms. The molecule has 1 amide bonds. The van der Waals surface area contributed by atoms with Gasteiger partial charge in [0.15, 0.2) is 25.5 Å². The molecule has 0 saturated carbocycles. The van der Waals surface area contributed by atoms with Gasteiger partial charge in [-0.3, -0.25) is 14.4 Å². The van der Waals surface area contributed by atoms with Gasteiger partial charge in [0.2, 0.25) is 5.91 Å². The molecule has 0 aromatic heterocycles. The molecule has 2 atom stereocenters. The third-order valence-electron chi connectivity index (χ3n) is 6.30. The first kappa shape index (κ1) is 32.0. The number of thioether (sulfide) groups is 1. The van der Waals surface area contributed by atoms with E-state index in [1.54, 1.807) is 71.3 Å². The molecule has 3 aromatic rings. The van der Waals surface area contributed by atoms with E-state index in [1.165, 1.54) is 37.6 Å². The van der Waals surface area contributed by atoms with E-state index >= 15 is 0 Å².